The van der Waals surface area contributed by atoms with Crippen molar-refractivity contribution in [1.82, 2.24) is 0 Å². The van der Waals surface area contributed by atoms with Gasteiger partial charge < -0.3 is 4.48 Å². The minimum Gasteiger partial charge on any atom is -0.309 e. The highest BCUT2D eigenvalue weighted by molar-refractivity contribution is 6.08. The monoisotopic (exact) mass is 502 g/mol. The fourth-order valence-electron chi connectivity index (χ4n) is 7.61. The van der Waals surface area contributed by atoms with Crippen LogP contribution in [0.2, 0.25) is 0 Å². The first kappa shape index (κ1) is 22.8. The van der Waals surface area contributed by atoms with Crippen LogP contribution in [0.1, 0.15) is 33.4 Å². The molecule has 1 spiro atoms. The molecule has 2 aliphatic rings. The van der Waals surface area contributed by atoms with Crippen LogP contribution in [0.15, 0.2) is 109 Å². The van der Waals surface area contributed by atoms with Gasteiger partial charge in [0.2, 0.25) is 0 Å². The average molecular weight is 503 g/mol. The Labute approximate surface area is 230 Å². The Morgan fingerprint density at radius 2 is 0.872 bits per heavy atom. The summed E-state index contributed by atoms with van der Waals surface area (Å²) in [5.74, 6) is 0. The number of quaternary nitrogens is 1. The zero-order chi connectivity index (χ0) is 26.1. The SMILES string of the molecule is Cc1cc2ccccc2c2c1C[N+]1(Cc3ccccc3-c3ccccc3C1)Cc1c(C)cc3ccccc3c1-2. The van der Waals surface area contributed by atoms with E-state index in [0.717, 1.165) is 30.7 Å². The van der Waals surface area contributed by atoms with Crippen molar-refractivity contribution in [2.45, 2.75) is 40.0 Å². The Hall–Kier alpha value is -4.20. The molecule has 1 heteroatoms. The van der Waals surface area contributed by atoms with Gasteiger partial charge in [0, 0.05) is 22.3 Å². The molecule has 0 N–H and O–H groups in total. The molecule has 0 radical (unpaired) electrons. The normalized spacial score (nSPS) is 15.2. The molecule has 0 fully saturated rings. The zero-order valence-corrected chi connectivity index (χ0v) is 22.7. The smallest absolute Gasteiger partial charge is 0.106 e. The van der Waals surface area contributed by atoms with E-state index in [9.17, 15) is 0 Å². The third kappa shape index (κ3) is 3.43. The first-order chi connectivity index (χ1) is 19.1. The van der Waals surface area contributed by atoms with Crippen LogP contribution >= 0.6 is 0 Å². The molecule has 6 aromatic carbocycles. The molecule has 0 saturated heterocycles. The molecule has 0 aliphatic carbocycles. The lowest BCUT2D eigenvalue weighted by atomic mass is 9.85. The predicted molar refractivity (Wildman–Crippen MR) is 163 cm³/mol. The summed E-state index contributed by atoms with van der Waals surface area (Å²) in [6.45, 7) is 8.79. The van der Waals surface area contributed by atoms with Crippen molar-refractivity contribution < 1.29 is 4.48 Å². The van der Waals surface area contributed by atoms with Crippen LogP contribution in [0.5, 0.6) is 0 Å². The molecule has 0 bridgehead atoms. The molecule has 2 aliphatic heterocycles. The molecule has 1 nitrogen and oxygen atoms in total. The van der Waals surface area contributed by atoms with Crippen molar-refractivity contribution >= 4 is 21.5 Å². The summed E-state index contributed by atoms with van der Waals surface area (Å²) < 4.78 is 1.01. The van der Waals surface area contributed by atoms with Crippen LogP contribution < -0.4 is 0 Å². The number of benzene rings is 6. The van der Waals surface area contributed by atoms with Crippen LogP contribution in [-0.4, -0.2) is 4.48 Å². The Kier molecular flexibility index (Phi) is 4.90. The van der Waals surface area contributed by atoms with Gasteiger partial charge in [-0.05, 0) is 68.8 Å². The van der Waals surface area contributed by atoms with Crippen molar-refractivity contribution in [3.63, 3.8) is 0 Å². The maximum atomic E-state index is 2.42. The molecule has 8 rings (SSSR count). The zero-order valence-electron chi connectivity index (χ0n) is 22.7. The molecule has 0 unspecified atom stereocenters. The van der Waals surface area contributed by atoms with E-state index in [1.165, 1.54) is 77.2 Å². The van der Waals surface area contributed by atoms with E-state index in [1.807, 2.05) is 0 Å². The van der Waals surface area contributed by atoms with Gasteiger partial charge in [0.1, 0.15) is 26.2 Å². The first-order valence-corrected chi connectivity index (χ1v) is 14.1. The lowest BCUT2D eigenvalue weighted by molar-refractivity contribution is -0.978. The average Bonchev–Trinajstić information content (AvgIpc) is 3.19. The van der Waals surface area contributed by atoms with Gasteiger partial charge in [0.25, 0.3) is 0 Å². The molecule has 0 aromatic heterocycles. The largest absolute Gasteiger partial charge is 0.309 e. The van der Waals surface area contributed by atoms with E-state index in [1.54, 1.807) is 0 Å². The number of aryl methyl sites for hydroxylation is 2. The summed E-state index contributed by atoms with van der Waals surface area (Å²) in [4.78, 5) is 0. The topological polar surface area (TPSA) is 0 Å². The third-order valence-electron chi connectivity index (χ3n) is 9.33. The Bertz CT molecular complexity index is 1800. The first-order valence-electron chi connectivity index (χ1n) is 14.1. The maximum absolute atomic E-state index is 2.42. The molecule has 6 aromatic rings. The van der Waals surface area contributed by atoms with Crippen LogP contribution in [0.25, 0.3) is 43.8 Å². The molecule has 0 atom stereocenters. The van der Waals surface area contributed by atoms with Crippen molar-refractivity contribution in [1.29, 1.82) is 0 Å². The summed E-state index contributed by atoms with van der Waals surface area (Å²) in [6.07, 6.45) is 0. The summed E-state index contributed by atoms with van der Waals surface area (Å²) in [7, 11) is 0. The van der Waals surface area contributed by atoms with E-state index in [-0.39, 0.29) is 0 Å². The Morgan fingerprint density at radius 1 is 0.462 bits per heavy atom. The van der Waals surface area contributed by atoms with Crippen LogP contribution in [-0.2, 0) is 26.2 Å². The maximum Gasteiger partial charge on any atom is 0.106 e. The molecule has 188 valence electrons. The highest BCUT2D eigenvalue weighted by Gasteiger charge is 2.39. The quantitative estimate of drug-likeness (QED) is 0.181. The van der Waals surface area contributed by atoms with Crippen molar-refractivity contribution in [2.75, 3.05) is 0 Å². The van der Waals surface area contributed by atoms with E-state index in [0.29, 0.717) is 0 Å². The van der Waals surface area contributed by atoms with Gasteiger partial charge in [-0.2, -0.15) is 0 Å². The summed E-state index contributed by atoms with van der Waals surface area (Å²) >= 11 is 0. The van der Waals surface area contributed by atoms with Gasteiger partial charge in [-0.25, -0.2) is 0 Å². The van der Waals surface area contributed by atoms with Crippen molar-refractivity contribution in [2.24, 2.45) is 0 Å². The van der Waals surface area contributed by atoms with Crippen molar-refractivity contribution in [3.8, 4) is 22.3 Å². The van der Waals surface area contributed by atoms with Gasteiger partial charge in [-0.3, -0.25) is 0 Å². The molecule has 0 amide bonds. The van der Waals surface area contributed by atoms with Gasteiger partial charge >= 0.3 is 0 Å². The second kappa shape index (κ2) is 8.40. The lowest BCUT2D eigenvalue weighted by Gasteiger charge is -2.38. The second-order valence-corrected chi connectivity index (χ2v) is 11.8. The molecule has 39 heavy (non-hydrogen) atoms. The number of fused-ring (bicyclic) bond motifs is 10. The van der Waals surface area contributed by atoms with E-state index in [4.69, 9.17) is 0 Å². The summed E-state index contributed by atoms with van der Waals surface area (Å²) in [5, 5.41) is 5.44. The van der Waals surface area contributed by atoms with E-state index >= 15 is 0 Å². The van der Waals surface area contributed by atoms with Crippen molar-refractivity contribution in [3.05, 3.63) is 143 Å². The number of rotatable bonds is 0. The van der Waals surface area contributed by atoms with Gasteiger partial charge in [-0.1, -0.05) is 109 Å². The lowest BCUT2D eigenvalue weighted by Crippen LogP contribution is -2.44. The summed E-state index contributed by atoms with van der Waals surface area (Å²) in [6, 6.07) is 41.1. The van der Waals surface area contributed by atoms with Crippen LogP contribution in [0.4, 0.5) is 0 Å². The Morgan fingerprint density at radius 3 is 1.36 bits per heavy atom. The van der Waals surface area contributed by atoms with Gasteiger partial charge in [0.15, 0.2) is 0 Å². The molecular weight excluding hydrogens is 470 g/mol. The molecule has 2 heterocycles. The van der Waals surface area contributed by atoms with Crippen LogP contribution in [0, 0.1) is 13.8 Å². The van der Waals surface area contributed by atoms with Crippen LogP contribution in [0.3, 0.4) is 0 Å². The van der Waals surface area contributed by atoms with Gasteiger partial charge in [0.05, 0.1) is 0 Å². The van der Waals surface area contributed by atoms with E-state index < -0.39 is 0 Å². The fourth-order valence-corrected chi connectivity index (χ4v) is 7.61. The standard InChI is InChI=1S/C38H32N/c1-25-19-27-11-3-9-17-33(27)37-35(25)23-39(24-36-26(2)20-28-12-4-10-18-34(28)38(36)37)21-29-13-5-7-15-31(29)32-16-8-6-14-30(32)22-39/h3-20H,21-24H2,1-2H3/q+1. The predicted octanol–water partition coefficient (Wildman–Crippen LogP) is 9.49. The Balaban J connectivity index is 1.50. The minimum atomic E-state index is 1.01. The second-order valence-electron chi connectivity index (χ2n) is 11.8. The highest BCUT2D eigenvalue weighted by atomic mass is 15.4. The molecule has 0 saturated carbocycles. The number of hydrogen-bond donors (Lipinski definition) is 0. The fraction of sp³-hybridized carbons (Fsp3) is 0.158. The van der Waals surface area contributed by atoms with E-state index in [2.05, 4.69) is 123 Å². The highest BCUT2D eigenvalue weighted by Crippen LogP contribution is 2.48. The molecular formula is C38H32N+. The van der Waals surface area contributed by atoms with Gasteiger partial charge in [-0.15, -0.1) is 0 Å². The number of nitrogens with zero attached hydrogens (tertiary/aromatic N) is 1. The minimum absolute atomic E-state index is 1.01. The number of hydrogen-bond acceptors (Lipinski definition) is 0. The summed E-state index contributed by atoms with van der Waals surface area (Å²) in [5.41, 5.74) is 14.5. The third-order valence-corrected chi connectivity index (χ3v) is 9.33.